The van der Waals surface area contributed by atoms with Gasteiger partial charge in [0.25, 0.3) is 0 Å². The van der Waals surface area contributed by atoms with Crippen LogP contribution < -0.4 is 10.2 Å². The summed E-state index contributed by atoms with van der Waals surface area (Å²) in [5, 5.41) is 4.12. The number of anilines is 1. The maximum absolute atomic E-state index is 13.3. The van der Waals surface area contributed by atoms with Crippen LogP contribution in [0, 0.1) is 0 Å². The van der Waals surface area contributed by atoms with Crippen LogP contribution in [0.4, 0.5) is 10.5 Å². The topological polar surface area (TPSA) is 74.5 Å². The number of fused-ring (bicyclic) bond motifs is 4. The number of piperidine rings is 1. The van der Waals surface area contributed by atoms with Crippen molar-refractivity contribution in [1.82, 2.24) is 20.2 Å². The fourth-order valence-electron chi connectivity index (χ4n) is 5.43. The predicted octanol–water partition coefficient (Wildman–Crippen LogP) is 6.37. The molecule has 2 aliphatic heterocycles. The van der Waals surface area contributed by atoms with Gasteiger partial charge in [-0.15, -0.1) is 11.3 Å². The van der Waals surface area contributed by atoms with Crippen LogP contribution in [0.2, 0.25) is 10.0 Å². The Morgan fingerprint density at radius 3 is 2.81 bits per heavy atom. The smallest absolute Gasteiger partial charge is 0.322 e. The molecule has 7 nitrogen and oxygen atoms in total. The Kier molecular flexibility index (Phi) is 6.67. The van der Waals surface area contributed by atoms with Crippen LogP contribution in [-0.2, 0) is 12.0 Å². The number of amides is 2. The summed E-state index contributed by atoms with van der Waals surface area (Å²) in [6, 6.07) is 9.69. The number of urea groups is 1. The third-order valence-corrected chi connectivity index (χ3v) is 8.88. The standard InChI is InChI=1S/C27H25Cl2N5O2S/c28-20-4-3-18(12-21(20)29)2-1-9-33-10-7-27(8-11-33)15-34(26(35)30-13-19-14-36-16-31-19)22-5-6-23-25(24(22)27)32-17-37-23/h1-6,12,14,16-17H,7-11,13,15H2,(H,30,35)/b2-1+. The van der Waals surface area contributed by atoms with E-state index in [4.69, 9.17) is 32.6 Å². The summed E-state index contributed by atoms with van der Waals surface area (Å²) < 4.78 is 6.19. The van der Waals surface area contributed by atoms with Gasteiger partial charge in [-0.1, -0.05) is 41.4 Å². The molecule has 0 radical (unpaired) electrons. The first kappa shape index (κ1) is 24.4. The lowest BCUT2D eigenvalue weighted by atomic mass is 9.74. The molecule has 0 unspecified atom stereocenters. The van der Waals surface area contributed by atoms with Crippen LogP contribution in [0.1, 0.15) is 29.7 Å². The lowest BCUT2D eigenvalue weighted by Crippen LogP contribution is -2.47. The highest BCUT2D eigenvalue weighted by atomic mass is 35.5. The molecular weight excluding hydrogens is 529 g/mol. The second-order valence-corrected chi connectivity index (χ2v) is 11.2. The molecule has 0 atom stereocenters. The van der Waals surface area contributed by atoms with E-state index in [0.29, 0.717) is 28.8 Å². The maximum Gasteiger partial charge on any atom is 0.322 e. The van der Waals surface area contributed by atoms with E-state index in [0.717, 1.165) is 53.9 Å². The Balaban J connectivity index is 1.18. The summed E-state index contributed by atoms with van der Waals surface area (Å²) >= 11 is 13.8. The van der Waals surface area contributed by atoms with E-state index in [-0.39, 0.29) is 11.4 Å². The Bertz CT molecular complexity index is 1460. The number of hydrogen-bond donors (Lipinski definition) is 1. The molecule has 2 aromatic carbocycles. The van der Waals surface area contributed by atoms with Gasteiger partial charge in [0.2, 0.25) is 0 Å². The molecule has 0 bridgehead atoms. The number of nitrogens with zero attached hydrogens (tertiary/aromatic N) is 4. The maximum atomic E-state index is 13.3. The van der Waals surface area contributed by atoms with Crippen molar-refractivity contribution in [3.05, 3.63) is 81.4 Å². The van der Waals surface area contributed by atoms with E-state index in [1.54, 1.807) is 17.6 Å². The van der Waals surface area contributed by atoms with Gasteiger partial charge >= 0.3 is 6.03 Å². The van der Waals surface area contributed by atoms with Gasteiger partial charge in [0.05, 0.1) is 43.7 Å². The van der Waals surface area contributed by atoms with E-state index in [2.05, 4.69) is 39.5 Å². The summed E-state index contributed by atoms with van der Waals surface area (Å²) in [7, 11) is 0. The third kappa shape index (κ3) is 4.75. The van der Waals surface area contributed by atoms with E-state index in [1.807, 2.05) is 28.6 Å². The molecule has 2 amide bonds. The number of rotatable bonds is 5. The van der Waals surface area contributed by atoms with Crippen molar-refractivity contribution >= 4 is 62.5 Å². The van der Waals surface area contributed by atoms with Gasteiger partial charge in [-0.05, 0) is 55.8 Å². The number of hydrogen-bond acceptors (Lipinski definition) is 6. The first-order chi connectivity index (χ1) is 18.0. The highest BCUT2D eigenvalue weighted by Crippen LogP contribution is 2.50. The van der Waals surface area contributed by atoms with Crippen LogP contribution in [0.15, 0.2) is 59.0 Å². The highest BCUT2D eigenvalue weighted by molar-refractivity contribution is 7.16. The Morgan fingerprint density at radius 2 is 2.03 bits per heavy atom. The summed E-state index contributed by atoms with van der Waals surface area (Å²) in [6.07, 6.45) is 9.09. The van der Waals surface area contributed by atoms with Crippen molar-refractivity contribution in [2.24, 2.45) is 0 Å². The number of benzene rings is 2. The lowest BCUT2D eigenvalue weighted by molar-refractivity contribution is 0.180. The monoisotopic (exact) mass is 553 g/mol. The van der Waals surface area contributed by atoms with Gasteiger partial charge in [-0.2, -0.15) is 0 Å². The fourth-order valence-corrected chi connectivity index (χ4v) is 6.42. The molecule has 1 saturated heterocycles. The van der Waals surface area contributed by atoms with Crippen LogP contribution in [0.5, 0.6) is 0 Å². The minimum Gasteiger partial charge on any atom is -0.451 e. The van der Waals surface area contributed by atoms with Crippen LogP contribution in [-0.4, -0.2) is 47.1 Å². The van der Waals surface area contributed by atoms with Gasteiger partial charge < -0.3 is 9.73 Å². The lowest BCUT2D eigenvalue weighted by Gasteiger charge is -2.39. The predicted molar refractivity (Wildman–Crippen MR) is 149 cm³/mol. The number of aromatic nitrogens is 2. The summed E-state index contributed by atoms with van der Waals surface area (Å²) in [5.41, 5.74) is 6.72. The van der Waals surface area contributed by atoms with Crippen LogP contribution in [0.25, 0.3) is 16.3 Å². The molecule has 2 aliphatic rings. The molecule has 37 heavy (non-hydrogen) atoms. The number of nitrogens with one attached hydrogen (secondary N) is 1. The van der Waals surface area contributed by atoms with Crippen LogP contribution >= 0.6 is 34.5 Å². The highest BCUT2D eigenvalue weighted by Gasteiger charge is 2.47. The first-order valence-electron chi connectivity index (χ1n) is 12.2. The van der Waals surface area contributed by atoms with Crippen molar-refractivity contribution in [3.8, 4) is 0 Å². The quantitative estimate of drug-likeness (QED) is 0.311. The Labute approximate surface area is 228 Å². The second-order valence-electron chi connectivity index (χ2n) is 9.54. The molecule has 190 valence electrons. The largest absolute Gasteiger partial charge is 0.451 e. The number of likely N-dealkylation sites (tertiary alicyclic amines) is 1. The molecule has 1 N–H and O–H groups in total. The van der Waals surface area contributed by atoms with E-state index in [1.165, 1.54) is 12.0 Å². The zero-order chi connectivity index (χ0) is 25.4. The molecule has 4 heterocycles. The number of oxazole rings is 1. The zero-order valence-electron chi connectivity index (χ0n) is 20.0. The van der Waals surface area contributed by atoms with E-state index in [9.17, 15) is 4.79 Å². The van der Waals surface area contributed by atoms with Crippen molar-refractivity contribution in [3.63, 3.8) is 0 Å². The van der Waals surface area contributed by atoms with Gasteiger partial charge in [0.15, 0.2) is 6.39 Å². The van der Waals surface area contributed by atoms with E-state index >= 15 is 0 Å². The van der Waals surface area contributed by atoms with Gasteiger partial charge in [0.1, 0.15) is 6.26 Å². The van der Waals surface area contributed by atoms with Crippen molar-refractivity contribution in [2.45, 2.75) is 24.8 Å². The Morgan fingerprint density at radius 1 is 1.16 bits per heavy atom. The number of carbonyl (C=O) groups is 1. The zero-order valence-corrected chi connectivity index (χ0v) is 22.3. The minimum atomic E-state index is -0.123. The van der Waals surface area contributed by atoms with Crippen molar-refractivity contribution in [1.29, 1.82) is 0 Å². The number of thiazole rings is 1. The fraction of sp³-hybridized carbons (Fsp3) is 0.296. The van der Waals surface area contributed by atoms with Gasteiger partial charge in [-0.25, -0.2) is 14.8 Å². The second kappa shape index (κ2) is 10.1. The molecule has 1 spiro atoms. The minimum absolute atomic E-state index is 0.113. The van der Waals surface area contributed by atoms with Gasteiger partial charge in [-0.3, -0.25) is 9.80 Å². The Hall–Kier alpha value is -2.91. The first-order valence-corrected chi connectivity index (χ1v) is 13.8. The molecule has 0 aliphatic carbocycles. The van der Waals surface area contributed by atoms with E-state index < -0.39 is 0 Å². The molecule has 1 fully saturated rings. The molecule has 4 aromatic rings. The molecule has 2 aromatic heterocycles. The van der Waals surface area contributed by atoms with Crippen molar-refractivity contribution in [2.75, 3.05) is 31.1 Å². The summed E-state index contributed by atoms with van der Waals surface area (Å²) in [5.74, 6) is 0. The number of carbonyl (C=O) groups excluding carboxylic acids is 1. The normalized spacial score (nSPS) is 17.2. The average Bonchev–Trinajstić information content (AvgIpc) is 3.65. The molecule has 0 saturated carbocycles. The molecule has 6 rings (SSSR count). The number of halogens is 2. The van der Waals surface area contributed by atoms with Crippen molar-refractivity contribution < 1.29 is 9.21 Å². The average molecular weight is 555 g/mol. The summed E-state index contributed by atoms with van der Waals surface area (Å²) in [4.78, 5) is 26.5. The third-order valence-electron chi connectivity index (χ3n) is 7.34. The van der Waals surface area contributed by atoms with Gasteiger partial charge in [0, 0.05) is 24.1 Å². The SMILES string of the molecule is O=C(NCc1cocn1)N1CC2(CCN(C/C=C/c3ccc(Cl)c(Cl)c3)CC2)c2c1ccc1scnc21. The molecular formula is C27H25Cl2N5O2S. The van der Waals surface area contributed by atoms with Crippen LogP contribution in [0.3, 0.4) is 0 Å². The molecule has 10 heteroatoms. The summed E-state index contributed by atoms with van der Waals surface area (Å²) in [6.45, 7) is 3.72.